The van der Waals surface area contributed by atoms with Crippen LogP contribution < -0.4 is 14.4 Å². The standard InChI is InChI=1S/C25H19N3O5/c1-32-19-11-8-16(13-20(19)33-2)23(29)21-22(18-5-3-4-12-27-18)28(25(31)24(21)30)17-9-6-15(14-26)7-10-17/h3-13,22,29H,1-2H3/b23-21-. The van der Waals surface area contributed by atoms with Crippen LogP contribution >= 0.6 is 0 Å². The number of ether oxygens (including phenoxy) is 2. The van der Waals surface area contributed by atoms with Crippen molar-refractivity contribution in [3.05, 3.63) is 89.3 Å². The van der Waals surface area contributed by atoms with Gasteiger partial charge in [-0.05, 0) is 54.6 Å². The number of anilines is 1. The molecule has 1 unspecified atom stereocenters. The normalized spacial score (nSPS) is 17.0. The van der Waals surface area contributed by atoms with Crippen LogP contribution in [-0.4, -0.2) is 36.0 Å². The number of carbonyl (C=O) groups excluding carboxylic acids is 2. The average molecular weight is 441 g/mol. The first-order chi connectivity index (χ1) is 16.0. The van der Waals surface area contributed by atoms with Gasteiger partial charge < -0.3 is 14.6 Å². The summed E-state index contributed by atoms with van der Waals surface area (Å²) in [4.78, 5) is 31.9. The van der Waals surface area contributed by atoms with E-state index in [2.05, 4.69) is 4.98 Å². The lowest BCUT2D eigenvalue weighted by atomic mass is 9.98. The molecule has 1 N–H and O–H groups in total. The van der Waals surface area contributed by atoms with Gasteiger partial charge in [-0.25, -0.2) is 0 Å². The molecule has 1 amide bonds. The Balaban J connectivity index is 1.92. The van der Waals surface area contributed by atoms with E-state index in [9.17, 15) is 14.7 Å². The second kappa shape index (κ2) is 8.85. The Kier molecular flexibility index (Phi) is 5.79. The molecule has 1 fully saturated rings. The largest absolute Gasteiger partial charge is 0.507 e. The molecule has 8 nitrogen and oxygen atoms in total. The minimum Gasteiger partial charge on any atom is -0.507 e. The van der Waals surface area contributed by atoms with Gasteiger partial charge in [-0.2, -0.15) is 5.26 Å². The number of hydrogen-bond acceptors (Lipinski definition) is 7. The van der Waals surface area contributed by atoms with Crippen molar-refractivity contribution in [1.29, 1.82) is 5.26 Å². The number of carbonyl (C=O) groups is 2. The average Bonchev–Trinajstić information content (AvgIpc) is 3.14. The van der Waals surface area contributed by atoms with Gasteiger partial charge in [0, 0.05) is 17.4 Å². The van der Waals surface area contributed by atoms with Crippen LogP contribution in [0.25, 0.3) is 5.76 Å². The Morgan fingerprint density at radius 3 is 2.36 bits per heavy atom. The van der Waals surface area contributed by atoms with E-state index >= 15 is 0 Å². The molecule has 0 radical (unpaired) electrons. The molecule has 4 rings (SSSR count). The molecule has 1 aliphatic rings. The first-order valence-corrected chi connectivity index (χ1v) is 9.94. The van der Waals surface area contributed by atoms with Crippen LogP contribution in [0.1, 0.15) is 22.9 Å². The number of aliphatic hydroxyl groups excluding tert-OH is 1. The van der Waals surface area contributed by atoms with Crippen molar-refractivity contribution in [2.45, 2.75) is 6.04 Å². The van der Waals surface area contributed by atoms with E-state index < -0.39 is 17.7 Å². The van der Waals surface area contributed by atoms with Crippen molar-refractivity contribution >= 4 is 23.1 Å². The number of rotatable bonds is 5. The van der Waals surface area contributed by atoms with Gasteiger partial charge in [0.25, 0.3) is 11.7 Å². The van der Waals surface area contributed by atoms with Gasteiger partial charge in [-0.1, -0.05) is 6.07 Å². The number of amides is 1. The zero-order valence-corrected chi connectivity index (χ0v) is 17.9. The quantitative estimate of drug-likeness (QED) is 0.366. The Hall–Kier alpha value is -4.64. The van der Waals surface area contributed by atoms with Gasteiger partial charge >= 0.3 is 0 Å². The van der Waals surface area contributed by atoms with Crippen LogP contribution in [0.3, 0.4) is 0 Å². The second-order valence-corrected chi connectivity index (χ2v) is 7.15. The molecule has 0 aliphatic carbocycles. The molecule has 0 saturated carbocycles. The highest BCUT2D eigenvalue weighted by Crippen LogP contribution is 2.42. The second-order valence-electron chi connectivity index (χ2n) is 7.15. The summed E-state index contributed by atoms with van der Waals surface area (Å²) < 4.78 is 10.5. The summed E-state index contributed by atoms with van der Waals surface area (Å²) in [6.07, 6.45) is 1.55. The number of aromatic nitrogens is 1. The maximum absolute atomic E-state index is 13.1. The molecule has 164 valence electrons. The van der Waals surface area contributed by atoms with Gasteiger partial charge in [0.15, 0.2) is 11.5 Å². The van der Waals surface area contributed by atoms with Crippen molar-refractivity contribution in [2.75, 3.05) is 19.1 Å². The van der Waals surface area contributed by atoms with E-state index in [1.807, 2.05) is 6.07 Å². The summed E-state index contributed by atoms with van der Waals surface area (Å²) in [5, 5.41) is 20.3. The highest BCUT2D eigenvalue weighted by Gasteiger charge is 2.47. The first-order valence-electron chi connectivity index (χ1n) is 9.94. The number of pyridine rings is 1. The Morgan fingerprint density at radius 2 is 1.76 bits per heavy atom. The number of hydrogen-bond donors (Lipinski definition) is 1. The lowest BCUT2D eigenvalue weighted by Crippen LogP contribution is -2.29. The van der Waals surface area contributed by atoms with Gasteiger partial charge in [0.1, 0.15) is 11.8 Å². The van der Waals surface area contributed by atoms with Gasteiger partial charge in [-0.15, -0.1) is 0 Å². The van der Waals surface area contributed by atoms with Crippen LogP contribution in [0.5, 0.6) is 11.5 Å². The molecule has 33 heavy (non-hydrogen) atoms. The number of methoxy groups -OCH3 is 2. The topological polar surface area (TPSA) is 113 Å². The minimum absolute atomic E-state index is 0.102. The number of Topliss-reactive ketones (excluding diaryl/α,β-unsaturated/α-hetero) is 1. The van der Waals surface area contributed by atoms with Gasteiger partial charge in [0.2, 0.25) is 0 Å². The summed E-state index contributed by atoms with van der Waals surface area (Å²) in [6, 6.07) is 17.1. The third kappa shape index (κ3) is 3.77. The third-order valence-electron chi connectivity index (χ3n) is 5.34. The zero-order chi connectivity index (χ0) is 23.5. The fourth-order valence-electron chi connectivity index (χ4n) is 3.75. The molecule has 3 aromatic rings. The van der Waals surface area contributed by atoms with Crippen LogP contribution in [0.15, 0.2) is 72.4 Å². The zero-order valence-electron chi connectivity index (χ0n) is 17.9. The van der Waals surface area contributed by atoms with Crippen LogP contribution in [0.4, 0.5) is 5.69 Å². The smallest absolute Gasteiger partial charge is 0.300 e. The van der Waals surface area contributed by atoms with E-state index in [-0.39, 0.29) is 16.9 Å². The van der Waals surface area contributed by atoms with Crippen molar-refractivity contribution in [1.82, 2.24) is 4.98 Å². The Bertz CT molecular complexity index is 1290. The molecule has 2 aromatic carbocycles. The first kappa shape index (κ1) is 21.6. The van der Waals surface area contributed by atoms with Crippen LogP contribution in [0, 0.1) is 11.3 Å². The van der Waals surface area contributed by atoms with E-state index in [4.69, 9.17) is 14.7 Å². The number of ketones is 1. The predicted octanol–water partition coefficient (Wildman–Crippen LogP) is 3.60. The van der Waals surface area contributed by atoms with Crippen molar-refractivity contribution < 1.29 is 24.2 Å². The lowest BCUT2D eigenvalue weighted by Gasteiger charge is -2.24. The molecule has 1 atom stereocenters. The SMILES string of the molecule is COc1ccc(/C(O)=C2/C(=O)C(=O)N(c3ccc(C#N)cc3)C2c2ccccn2)cc1OC. The maximum Gasteiger partial charge on any atom is 0.300 e. The summed E-state index contributed by atoms with van der Waals surface area (Å²) in [5.74, 6) is -1.20. The van der Waals surface area contributed by atoms with E-state index in [1.54, 1.807) is 60.8 Å². The molecule has 2 heterocycles. The van der Waals surface area contributed by atoms with Crippen LogP contribution in [-0.2, 0) is 9.59 Å². The summed E-state index contributed by atoms with van der Waals surface area (Å²) in [6.45, 7) is 0. The van der Waals surface area contributed by atoms with E-state index in [0.717, 1.165) is 0 Å². The maximum atomic E-state index is 13.1. The molecular formula is C25H19N3O5. The summed E-state index contributed by atoms with van der Waals surface area (Å²) in [5.41, 5.74) is 1.40. The molecule has 0 bridgehead atoms. The highest BCUT2D eigenvalue weighted by molar-refractivity contribution is 6.51. The van der Waals surface area contributed by atoms with Gasteiger partial charge in [0.05, 0.1) is 37.1 Å². The molecule has 0 spiro atoms. The fourth-order valence-corrected chi connectivity index (χ4v) is 3.75. The Morgan fingerprint density at radius 1 is 1.03 bits per heavy atom. The van der Waals surface area contributed by atoms with E-state index in [1.165, 1.54) is 25.2 Å². The number of nitriles is 1. The Labute approximate surface area is 189 Å². The molecule has 8 heteroatoms. The van der Waals surface area contributed by atoms with Crippen molar-refractivity contribution in [3.63, 3.8) is 0 Å². The molecule has 1 aromatic heterocycles. The minimum atomic E-state index is -0.966. The van der Waals surface area contributed by atoms with Crippen molar-refractivity contribution in [2.24, 2.45) is 0 Å². The third-order valence-corrected chi connectivity index (χ3v) is 5.34. The van der Waals surface area contributed by atoms with E-state index in [0.29, 0.717) is 28.4 Å². The number of nitrogens with zero attached hydrogens (tertiary/aromatic N) is 3. The van der Waals surface area contributed by atoms with Gasteiger partial charge in [-0.3, -0.25) is 19.5 Å². The summed E-state index contributed by atoms with van der Waals surface area (Å²) >= 11 is 0. The van der Waals surface area contributed by atoms with Crippen molar-refractivity contribution in [3.8, 4) is 17.6 Å². The lowest BCUT2D eigenvalue weighted by molar-refractivity contribution is -0.132. The van der Waals surface area contributed by atoms with Crippen LogP contribution in [0.2, 0.25) is 0 Å². The summed E-state index contributed by atoms with van der Waals surface area (Å²) in [7, 11) is 2.95. The monoisotopic (exact) mass is 441 g/mol. The molecular weight excluding hydrogens is 422 g/mol. The highest BCUT2D eigenvalue weighted by atomic mass is 16.5. The number of benzene rings is 2. The number of aliphatic hydroxyl groups is 1. The fraction of sp³-hybridized carbons (Fsp3) is 0.120. The molecule has 1 aliphatic heterocycles. The molecule has 1 saturated heterocycles. The predicted molar refractivity (Wildman–Crippen MR) is 120 cm³/mol.